The second-order valence-corrected chi connectivity index (χ2v) is 4.20. The van der Waals surface area contributed by atoms with E-state index in [1.807, 2.05) is 19.9 Å². The SMILES string of the molecule is CC1=CC(C)[C@@H]2C(=O)NC(=O)[C@@H]2[C@@H]1N. The van der Waals surface area contributed by atoms with Crippen molar-refractivity contribution in [3.8, 4) is 0 Å². The highest BCUT2D eigenvalue weighted by Gasteiger charge is 2.49. The Morgan fingerprint density at radius 2 is 1.86 bits per heavy atom. The molecule has 1 fully saturated rings. The number of hydrogen-bond donors (Lipinski definition) is 2. The lowest BCUT2D eigenvalue weighted by Crippen LogP contribution is -2.43. The lowest BCUT2D eigenvalue weighted by atomic mass is 9.73. The summed E-state index contributed by atoms with van der Waals surface area (Å²) in [6, 6.07) is -0.303. The molecule has 0 aromatic rings. The van der Waals surface area contributed by atoms with Crippen molar-refractivity contribution in [3.05, 3.63) is 11.6 Å². The van der Waals surface area contributed by atoms with Crippen molar-refractivity contribution in [2.24, 2.45) is 23.5 Å². The van der Waals surface area contributed by atoms with E-state index in [1.54, 1.807) is 0 Å². The summed E-state index contributed by atoms with van der Waals surface area (Å²) in [6.45, 7) is 3.86. The van der Waals surface area contributed by atoms with Gasteiger partial charge in [0.15, 0.2) is 0 Å². The highest BCUT2D eigenvalue weighted by atomic mass is 16.2. The maximum Gasteiger partial charge on any atom is 0.232 e. The van der Waals surface area contributed by atoms with Crippen LogP contribution in [0.4, 0.5) is 0 Å². The molecule has 0 bridgehead atoms. The van der Waals surface area contributed by atoms with E-state index in [1.165, 1.54) is 0 Å². The van der Waals surface area contributed by atoms with E-state index >= 15 is 0 Å². The molecule has 2 aliphatic rings. The molecule has 1 saturated heterocycles. The normalized spacial score (nSPS) is 41.8. The van der Waals surface area contributed by atoms with Crippen LogP contribution in [0.2, 0.25) is 0 Å². The Balaban J connectivity index is 2.42. The van der Waals surface area contributed by atoms with Crippen molar-refractivity contribution < 1.29 is 9.59 Å². The Labute approximate surface area is 82.5 Å². The minimum atomic E-state index is -0.359. The van der Waals surface area contributed by atoms with Crippen LogP contribution in [0.25, 0.3) is 0 Å². The first-order chi connectivity index (χ1) is 6.52. The maximum atomic E-state index is 11.5. The van der Waals surface area contributed by atoms with Crippen molar-refractivity contribution in [1.82, 2.24) is 5.32 Å². The number of hydrogen-bond acceptors (Lipinski definition) is 3. The quantitative estimate of drug-likeness (QED) is 0.414. The lowest BCUT2D eigenvalue weighted by molar-refractivity contribution is -0.126. The van der Waals surface area contributed by atoms with Crippen LogP contribution in [0.1, 0.15) is 13.8 Å². The van der Waals surface area contributed by atoms with E-state index in [0.717, 1.165) is 5.57 Å². The van der Waals surface area contributed by atoms with Gasteiger partial charge in [0, 0.05) is 6.04 Å². The molecule has 1 unspecified atom stereocenters. The summed E-state index contributed by atoms with van der Waals surface area (Å²) in [7, 11) is 0. The molecule has 14 heavy (non-hydrogen) atoms. The summed E-state index contributed by atoms with van der Waals surface area (Å²) >= 11 is 0. The molecule has 0 spiro atoms. The Hall–Kier alpha value is -1.16. The van der Waals surface area contributed by atoms with Crippen LogP contribution < -0.4 is 11.1 Å². The molecule has 2 amide bonds. The second kappa shape index (κ2) is 2.92. The van der Waals surface area contributed by atoms with Crippen LogP contribution in [-0.4, -0.2) is 17.9 Å². The number of nitrogens with two attached hydrogens (primary N) is 1. The molecule has 4 atom stereocenters. The summed E-state index contributed by atoms with van der Waals surface area (Å²) in [4.78, 5) is 22.9. The molecule has 1 aliphatic carbocycles. The van der Waals surface area contributed by atoms with E-state index in [4.69, 9.17) is 5.73 Å². The zero-order chi connectivity index (χ0) is 10.5. The van der Waals surface area contributed by atoms with Gasteiger partial charge in [-0.3, -0.25) is 14.9 Å². The van der Waals surface area contributed by atoms with E-state index < -0.39 is 0 Å². The molecule has 0 aromatic carbocycles. The molecule has 1 heterocycles. The van der Waals surface area contributed by atoms with Gasteiger partial charge in [-0.2, -0.15) is 0 Å². The third-order valence-corrected chi connectivity index (χ3v) is 3.24. The van der Waals surface area contributed by atoms with Gasteiger partial charge in [0.05, 0.1) is 11.8 Å². The average Bonchev–Trinajstić information content (AvgIpc) is 2.38. The van der Waals surface area contributed by atoms with E-state index in [-0.39, 0.29) is 35.6 Å². The fraction of sp³-hybridized carbons (Fsp3) is 0.600. The number of fused-ring (bicyclic) bond motifs is 1. The number of amides is 2. The zero-order valence-corrected chi connectivity index (χ0v) is 8.28. The maximum absolute atomic E-state index is 11.5. The number of rotatable bonds is 0. The number of carbonyl (C=O) groups is 2. The monoisotopic (exact) mass is 194 g/mol. The third-order valence-electron chi connectivity index (χ3n) is 3.24. The number of nitrogens with one attached hydrogen (secondary N) is 1. The van der Waals surface area contributed by atoms with Crippen molar-refractivity contribution in [2.45, 2.75) is 19.9 Å². The second-order valence-electron chi connectivity index (χ2n) is 4.20. The molecule has 1 aliphatic heterocycles. The molecule has 4 nitrogen and oxygen atoms in total. The minimum absolute atomic E-state index is 0.103. The van der Waals surface area contributed by atoms with Gasteiger partial charge in [-0.15, -0.1) is 0 Å². The van der Waals surface area contributed by atoms with Gasteiger partial charge in [0.25, 0.3) is 0 Å². The van der Waals surface area contributed by atoms with E-state index in [0.29, 0.717) is 0 Å². The number of allylic oxidation sites excluding steroid dienone is 1. The number of imide groups is 1. The van der Waals surface area contributed by atoms with E-state index in [2.05, 4.69) is 5.32 Å². The molecular weight excluding hydrogens is 180 g/mol. The van der Waals surface area contributed by atoms with Gasteiger partial charge in [-0.1, -0.05) is 18.6 Å². The van der Waals surface area contributed by atoms with Gasteiger partial charge in [0.2, 0.25) is 11.8 Å². The molecule has 76 valence electrons. The molecule has 0 radical (unpaired) electrons. The topological polar surface area (TPSA) is 72.2 Å². The fourth-order valence-corrected chi connectivity index (χ4v) is 2.48. The van der Waals surface area contributed by atoms with Crippen molar-refractivity contribution in [2.75, 3.05) is 0 Å². The highest BCUT2D eigenvalue weighted by Crippen LogP contribution is 2.36. The first-order valence-corrected chi connectivity index (χ1v) is 4.81. The first kappa shape index (κ1) is 9.40. The average molecular weight is 194 g/mol. The van der Waals surface area contributed by atoms with Crippen LogP contribution >= 0.6 is 0 Å². The van der Waals surface area contributed by atoms with Gasteiger partial charge in [-0.25, -0.2) is 0 Å². The third kappa shape index (κ3) is 1.10. The van der Waals surface area contributed by atoms with Gasteiger partial charge >= 0.3 is 0 Å². The summed E-state index contributed by atoms with van der Waals surface area (Å²) in [6.07, 6.45) is 1.99. The standard InChI is InChI=1S/C10H14N2O2/c1-4-3-5(2)8(11)7-6(4)9(13)12-10(7)14/h3-4,6-8H,11H2,1-2H3,(H,12,13,14)/t4?,6-,7-,8+/m0/s1. The Morgan fingerprint density at radius 1 is 1.29 bits per heavy atom. The smallest absolute Gasteiger partial charge is 0.232 e. The van der Waals surface area contributed by atoms with Crippen LogP contribution in [-0.2, 0) is 9.59 Å². The summed E-state index contributed by atoms with van der Waals surface area (Å²) < 4.78 is 0. The molecule has 0 saturated carbocycles. The van der Waals surface area contributed by atoms with Crippen LogP contribution in [0.3, 0.4) is 0 Å². The predicted molar refractivity (Wildman–Crippen MR) is 51.0 cm³/mol. The van der Waals surface area contributed by atoms with Gasteiger partial charge in [0.1, 0.15) is 0 Å². The molecule has 2 rings (SSSR count). The van der Waals surface area contributed by atoms with Gasteiger partial charge in [-0.05, 0) is 12.8 Å². The Kier molecular flexibility index (Phi) is 1.96. The molecular formula is C10H14N2O2. The van der Waals surface area contributed by atoms with E-state index in [9.17, 15) is 9.59 Å². The van der Waals surface area contributed by atoms with Crippen molar-refractivity contribution in [3.63, 3.8) is 0 Å². The number of carbonyl (C=O) groups excluding carboxylic acids is 2. The zero-order valence-electron chi connectivity index (χ0n) is 8.28. The Bertz CT molecular complexity index is 335. The highest BCUT2D eigenvalue weighted by molar-refractivity contribution is 6.06. The molecule has 0 aromatic heterocycles. The van der Waals surface area contributed by atoms with Crippen LogP contribution in [0.5, 0.6) is 0 Å². The van der Waals surface area contributed by atoms with Crippen molar-refractivity contribution in [1.29, 1.82) is 0 Å². The predicted octanol–water partition coefficient (Wildman–Crippen LogP) is -0.201. The van der Waals surface area contributed by atoms with Crippen LogP contribution in [0.15, 0.2) is 11.6 Å². The lowest BCUT2D eigenvalue weighted by Gasteiger charge is -2.31. The van der Waals surface area contributed by atoms with Crippen molar-refractivity contribution >= 4 is 11.8 Å². The first-order valence-electron chi connectivity index (χ1n) is 4.81. The van der Waals surface area contributed by atoms with Gasteiger partial charge < -0.3 is 5.73 Å². The summed E-state index contributed by atoms with van der Waals surface area (Å²) in [5, 5.41) is 2.35. The van der Waals surface area contributed by atoms with Crippen LogP contribution in [0, 0.1) is 17.8 Å². The molecule has 3 N–H and O–H groups in total. The minimum Gasteiger partial charge on any atom is -0.324 e. The largest absolute Gasteiger partial charge is 0.324 e. The summed E-state index contributed by atoms with van der Waals surface area (Å²) in [5.41, 5.74) is 6.90. The summed E-state index contributed by atoms with van der Waals surface area (Å²) in [5.74, 6) is -0.909. The fourth-order valence-electron chi connectivity index (χ4n) is 2.48. The molecule has 4 heteroatoms. The Morgan fingerprint density at radius 3 is 2.50 bits per heavy atom.